The molecule has 2 N–H and O–H groups in total. The molecule has 0 aliphatic rings. The molecule has 0 radical (unpaired) electrons. The molecule has 4 aromatic rings. The van der Waals surface area contributed by atoms with Crippen LogP contribution in [0.3, 0.4) is 0 Å². The second kappa shape index (κ2) is 8.14. The summed E-state index contributed by atoms with van der Waals surface area (Å²) >= 11 is 0. The molecular weight excluding hydrogens is 376 g/mol. The highest BCUT2D eigenvalue weighted by atomic mass is 16.5. The van der Waals surface area contributed by atoms with E-state index in [2.05, 4.69) is 26.0 Å². The second-order valence-electron chi connectivity index (χ2n) is 7.61. The molecule has 2 aromatic carbocycles. The first-order valence-electron chi connectivity index (χ1n) is 10.4. The fourth-order valence-corrected chi connectivity index (χ4v) is 3.41. The third-order valence-corrected chi connectivity index (χ3v) is 5.50. The monoisotopic (exact) mass is 402 g/mol. The SMILES string of the molecule is CCc1ccc(-n2c(N)c(C(=O)OC[C@@H](C)CC)c3nc4ccccc4nc32)cc1. The summed E-state index contributed by atoms with van der Waals surface area (Å²) in [6.07, 6.45) is 1.87. The van der Waals surface area contributed by atoms with Gasteiger partial charge in [0.05, 0.1) is 17.6 Å². The third kappa shape index (κ3) is 3.49. The minimum atomic E-state index is -0.466. The van der Waals surface area contributed by atoms with Gasteiger partial charge in [-0.1, -0.05) is 51.5 Å². The number of hydrogen-bond acceptors (Lipinski definition) is 5. The van der Waals surface area contributed by atoms with Crippen molar-refractivity contribution in [3.05, 3.63) is 59.7 Å². The molecule has 1 atom stereocenters. The first-order valence-corrected chi connectivity index (χ1v) is 10.4. The van der Waals surface area contributed by atoms with Gasteiger partial charge in [-0.25, -0.2) is 14.8 Å². The number of carbonyl (C=O) groups is 1. The average Bonchev–Trinajstić information content (AvgIpc) is 3.06. The molecule has 0 saturated heterocycles. The van der Waals surface area contributed by atoms with Crippen LogP contribution in [0.1, 0.15) is 43.1 Å². The summed E-state index contributed by atoms with van der Waals surface area (Å²) in [7, 11) is 0. The number of para-hydroxylation sites is 2. The van der Waals surface area contributed by atoms with Crippen molar-refractivity contribution in [1.29, 1.82) is 0 Å². The number of aryl methyl sites for hydroxylation is 1. The minimum absolute atomic E-state index is 0.270. The van der Waals surface area contributed by atoms with E-state index in [0.29, 0.717) is 29.1 Å². The summed E-state index contributed by atoms with van der Waals surface area (Å²) in [5.74, 6) is 0.0991. The van der Waals surface area contributed by atoms with E-state index < -0.39 is 5.97 Å². The van der Waals surface area contributed by atoms with Gasteiger partial charge in [-0.05, 0) is 42.2 Å². The Balaban J connectivity index is 1.92. The number of rotatable bonds is 6. The zero-order chi connectivity index (χ0) is 21.3. The maximum absolute atomic E-state index is 13.0. The summed E-state index contributed by atoms with van der Waals surface area (Å²) in [5.41, 5.74) is 11.3. The van der Waals surface area contributed by atoms with Crippen LogP contribution < -0.4 is 5.73 Å². The lowest BCUT2D eigenvalue weighted by atomic mass is 10.1. The number of carbonyl (C=O) groups excluding carboxylic acids is 1. The molecule has 6 nitrogen and oxygen atoms in total. The van der Waals surface area contributed by atoms with Crippen LogP contribution in [0.15, 0.2) is 48.5 Å². The van der Waals surface area contributed by atoms with Crippen molar-refractivity contribution in [2.75, 3.05) is 12.3 Å². The molecule has 0 aliphatic heterocycles. The van der Waals surface area contributed by atoms with Crippen LogP contribution in [0.4, 0.5) is 5.82 Å². The van der Waals surface area contributed by atoms with Gasteiger partial charge in [0, 0.05) is 5.69 Å². The number of nitrogens with zero attached hydrogens (tertiary/aromatic N) is 3. The second-order valence-corrected chi connectivity index (χ2v) is 7.61. The Hall–Kier alpha value is -3.41. The van der Waals surface area contributed by atoms with Gasteiger partial charge in [0.15, 0.2) is 5.65 Å². The van der Waals surface area contributed by atoms with Crippen LogP contribution in [0, 0.1) is 5.92 Å². The third-order valence-electron chi connectivity index (χ3n) is 5.50. The summed E-state index contributed by atoms with van der Waals surface area (Å²) in [6, 6.07) is 15.7. The van der Waals surface area contributed by atoms with Gasteiger partial charge in [0.25, 0.3) is 0 Å². The number of ether oxygens (including phenoxy) is 1. The Morgan fingerprint density at radius 1 is 1.07 bits per heavy atom. The lowest BCUT2D eigenvalue weighted by molar-refractivity contribution is 0.0450. The van der Waals surface area contributed by atoms with E-state index in [1.54, 1.807) is 4.57 Å². The summed E-state index contributed by atoms with van der Waals surface area (Å²) in [5, 5.41) is 0. The molecule has 0 amide bonds. The van der Waals surface area contributed by atoms with Crippen molar-refractivity contribution < 1.29 is 9.53 Å². The molecule has 2 aromatic heterocycles. The van der Waals surface area contributed by atoms with Crippen LogP contribution in [-0.2, 0) is 11.2 Å². The first kappa shape index (κ1) is 19.9. The van der Waals surface area contributed by atoms with Gasteiger partial charge in [-0.3, -0.25) is 4.57 Å². The van der Waals surface area contributed by atoms with E-state index in [-0.39, 0.29) is 11.5 Å². The van der Waals surface area contributed by atoms with E-state index in [4.69, 9.17) is 20.4 Å². The van der Waals surface area contributed by atoms with Crippen LogP contribution in [0.2, 0.25) is 0 Å². The predicted octanol–water partition coefficient (Wildman–Crippen LogP) is 4.92. The lowest BCUT2D eigenvalue weighted by Crippen LogP contribution is -2.13. The highest BCUT2D eigenvalue weighted by Crippen LogP contribution is 2.31. The highest BCUT2D eigenvalue weighted by molar-refractivity contribution is 6.09. The van der Waals surface area contributed by atoms with E-state index in [1.807, 2.05) is 43.3 Å². The highest BCUT2D eigenvalue weighted by Gasteiger charge is 2.26. The average molecular weight is 402 g/mol. The van der Waals surface area contributed by atoms with E-state index in [9.17, 15) is 4.79 Å². The van der Waals surface area contributed by atoms with Crippen LogP contribution in [0.5, 0.6) is 0 Å². The molecule has 30 heavy (non-hydrogen) atoms. The summed E-state index contributed by atoms with van der Waals surface area (Å²) in [6.45, 7) is 6.56. The summed E-state index contributed by atoms with van der Waals surface area (Å²) < 4.78 is 7.35. The first-order chi connectivity index (χ1) is 14.5. The van der Waals surface area contributed by atoms with Gasteiger partial charge in [-0.2, -0.15) is 0 Å². The zero-order valence-corrected chi connectivity index (χ0v) is 17.6. The smallest absolute Gasteiger partial charge is 0.344 e. The quantitative estimate of drug-likeness (QED) is 0.463. The maximum Gasteiger partial charge on any atom is 0.344 e. The molecule has 0 bridgehead atoms. The van der Waals surface area contributed by atoms with Gasteiger partial charge in [0.2, 0.25) is 0 Å². The molecule has 154 valence electrons. The molecule has 4 rings (SSSR count). The maximum atomic E-state index is 13.0. The number of fused-ring (bicyclic) bond motifs is 2. The van der Waals surface area contributed by atoms with Crippen LogP contribution in [-0.4, -0.2) is 27.1 Å². The van der Waals surface area contributed by atoms with Gasteiger partial charge in [0.1, 0.15) is 16.9 Å². The molecular formula is C24H26N4O2. The number of hydrogen-bond donors (Lipinski definition) is 1. The number of nitrogens with two attached hydrogens (primary N) is 1. The van der Waals surface area contributed by atoms with Crippen molar-refractivity contribution in [2.45, 2.75) is 33.6 Å². The fraction of sp³-hybridized carbons (Fsp3) is 0.292. The largest absolute Gasteiger partial charge is 0.462 e. The van der Waals surface area contributed by atoms with Crippen molar-refractivity contribution in [1.82, 2.24) is 14.5 Å². The summed E-state index contributed by atoms with van der Waals surface area (Å²) in [4.78, 5) is 22.5. The van der Waals surface area contributed by atoms with Crippen LogP contribution >= 0.6 is 0 Å². The number of anilines is 1. The van der Waals surface area contributed by atoms with Crippen molar-refractivity contribution in [3.8, 4) is 5.69 Å². The Morgan fingerprint density at radius 3 is 2.37 bits per heavy atom. The predicted molar refractivity (Wildman–Crippen MR) is 120 cm³/mol. The Labute approximate surface area is 175 Å². The van der Waals surface area contributed by atoms with Crippen molar-refractivity contribution >= 4 is 34.0 Å². The normalized spacial score (nSPS) is 12.4. The van der Waals surface area contributed by atoms with Crippen molar-refractivity contribution in [2.24, 2.45) is 5.92 Å². The van der Waals surface area contributed by atoms with E-state index in [1.165, 1.54) is 5.56 Å². The molecule has 0 aliphatic carbocycles. The molecule has 0 saturated carbocycles. The molecule has 6 heteroatoms. The van der Waals surface area contributed by atoms with Gasteiger partial charge >= 0.3 is 5.97 Å². The number of esters is 1. The van der Waals surface area contributed by atoms with Crippen molar-refractivity contribution in [3.63, 3.8) is 0 Å². The minimum Gasteiger partial charge on any atom is -0.462 e. The number of benzene rings is 2. The molecule has 0 spiro atoms. The molecule has 2 heterocycles. The topological polar surface area (TPSA) is 83.0 Å². The fourth-order valence-electron chi connectivity index (χ4n) is 3.41. The van der Waals surface area contributed by atoms with E-state index in [0.717, 1.165) is 24.0 Å². The zero-order valence-electron chi connectivity index (χ0n) is 17.6. The Kier molecular flexibility index (Phi) is 5.40. The van der Waals surface area contributed by atoms with Crippen LogP contribution in [0.25, 0.3) is 27.9 Å². The van der Waals surface area contributed by atoms with E-state index >= 15 is 0 Å². The number of aromatic nitrogens is 3. The number of nitrogen functional groups attached to an aromatic ring is 1. The van der Waals surface area contributed by atoms with Gasteiger partial charge < -0.3 is 10.5 Å². The molecule has 0 unspecified atom stereocenters. The molecule has 0 fully saturated rings. The van der Waals surface area contributed by atoms with Gasteiger partial charge in [-0.15, -0.1) is 0 Å². The Morgan fingerprint density at radius 2 is 1.73 bits per heavy atom. The standard InChI is InChI=1S/C24H26N4O2/c1-4-15(3)14-30-24(29)20-21-23(27-19-9-7-6-8-18(19)26-21)28(22(20)25)17-12-10-16(5-2)11-13-17/h6-13,15H,4-5,14,25H2,1-3H3/t15-/m0/s1. The Bertz CT molecular complexity index is 1210. The lowest BCUT2D eigenvalue weighted by Gasteiger charge is -2.10.